The van der Waals surface area contributed by atoms with Crippen LogP contribution in [0, 0.1) is 0 Å². The summed E-state index contributed by atoms with van der Waals surface area (Å²) in [6.45, 7) is 1.98. The summed E-state index contributed by atoms with van der Waals surface area (Å²) in [5, 5.41) is 0. The zero-order valence-corrected chi connectivity index (χ0v) is 14.1. The van der Waals surface area contributed by atoms with Gasteiger partial charge in [0.15, 0.2) is 0 Å². The smallest absolute Gasteiger partial charge is 0.138 e. The number of fused-ring (bicyclic) bond motifs is 2. The largest absolute Gasteiger partial charge is 0.326 e. The van der Waals surface area contributed by atoms with E-state index in [4.69, 9.17) is 0 Å². The molecule has 0 spiro atoms. The van der Waals surface area contributed by atoms with Gasteiger partial charge < -0.3 is 9.80 Å². The highest BCUT2D eigenvalue weighted by Gasteiger charge is 2.23. The van der Waals surface area contributed by atoms with Crippen LogP contribution in [0.3, 0.4) is 0 Å². The predicted molar refractivity (Wildman–Crippen MR) is 101 cm³/mol. The SMILES string of the molecule is c1ccc2c(c1)CCCN2c1cc(N2CCc3ccccc32)ncn1. The molecule has 2 aliphatic heterocycles. The first-order chi connectivity index (χ1) is 12.4. The van der Waals surface area contributed by atoms with Gasteiger partial charge in [-0.2, -0.15) is 0 Å². The van der Waals surface area contributed by atoms with E-state index < -0.39 is 0 Å². The third-order valence-electron chi connectivity index (χ3n) is 5.19. The molecule has 0 fully saturated rings. The van der Waals surface area contributed by atoms with Crippen molar-refractivity contribution in [3.63, 3.8) is 0 Å². The van der Waals surface area contributed by atoms with Crippen LogP contribution in [0.1, 0.15) is 17.5 Å². The van der Waals surface area contributed by atoms with Crippen molar-refractivity contribution in [1.82, 2.24) is 9.97 Å². The fraction of sp³-hybridized carbons (Fsp3) is 0.238. The van der Waals surface area contributed by atoms with Gasteiger partial charge >= 0.3 is 0 Å². The van der Waals surface area contributed by atoms with Crippen molar-refractivity contribution in [2.24, 2.45) is 0 Å². The second-order valence-electron chi connectivity index (χ2n) is 6.65. The average molecular weight is 328 g/mol. The van der Waals surface area contributed by atoms with Crippen LogP contribution in [0.4, 0.5) is 23.0 Å². The van der Waals surface area contributed by atoms with E-state index in [1.165, 1.54) is 22.5 Å². The van der Waals surface area contributed by atoms with Gasteiger partial charge in [0.2, 0.25) is 0 Å². The molecule has 0 saturated heterocycles. The number of aryl methyl sites for hydroxylation is 1. The van der Waals surface area contributed by atoms with Crippen LogP contribution >= 0.6 is 0 Å². The number of rotatable bonds is 2. The summed E-state index contributed by atoms with van der Waals surface area (Å²) >= 11 is 0. The van der Waals surface area contributed by atoms with Crippen LogP contribution < -0.4 is 9.80 Å². The van der Waals surface area contributed by atoms with Gasteiger partial charge in [-0.3, -0.25) is 0 Å². The van der Waals surface area contributed by atoms with Crippen LogP contribution in [0.15, 0.2) is 60.9 Å². The lowest BCUT2D eigenvalue weighted by Crippen LogP contribution is -2.26. The van der Waals surface area contributed by atoms with Crippen LogP contribution in [-0.4, -0.2) is 23.1 Å². The maximum Gasteiger partial charge on any atom is 0.138 e. The first kappa shape index (κ1) is 14.5. The Morgan fingerprint density at radius 1 is 0.680 bits per heavy atom. The monoisotopic (exact) mass is 328 g/mol. The lowest BCUT2D eigenvalue weighted by atomic mass is 10.0. The zero-order valence-electron chi connectivity index (χ0n) is 14.1. The molecule has 0 radical (unpaired) electrons. The average Bonchev–Trinajstić information content (AvgIpc) is 3.12. The fourth-order valence-corrected chi connectivity index (χ4v) is 3.98. The molecule has 2 aliphatic rings. The minimum atomic E-state index is 0.979. The van der Waals surface area contributed by atoms with Crippen molar-refractivity contribution < 1.29 is 0 Å². The molecule has 0 atom stereocenters. The Hall–Kier alpha value is -2.88. The highest BCUT2D eigenvalue weighted by atomic mass is 15.2. The van der Waals surface area contributed by atoms with Gasteiger partial charge in [-0.25, -0.2) is 9.97 Å². The third-order valence-corrected chi connectivity index (χ3v) is 5.19. The van der Waals surface area contributed by atoms with Crippen molar-refractivity contribution >= 4 is 23.0 Å². The highest BCUT2D eigenvalue weighted by Crippen LogP contribution is 2.36. The van der Waals surface area contributed by atoms with Gasteiger partial charge in [0, 0.05) is 30.5 Å². The summed E-state index contributed by atoms with van der Waals surface area (Å²) in [7, 11) is 0. The van der Waals surface area contributed by atoms with E-state index in [-0.39, 0.29) is 0 Å². The van der Waals surface area contributed by atoms with Crippen molar-refractivity contribution in [2.75, 3.05) is 22.9 Å². The quantitative estimate of drug-likeness (QED) is 0.704. The zero-order chi connectivity index (χ0) is 16.6. The standard InChI is InChI=1S/C21H20N4/c1-3-9-18-16(6-1)8-5-12-24(18)20-14-21(23-15-22-20)25-13-11-17-7-2-4-10-19(17)25/h1-4,6-7,9-10,14-15H,5,8,11-13H2. The number of para-hydroxylation sites is 2. The van der Waals surface area contributed by atoms with Gasteiger partial charge in [0.1, 0.15) is 18.0 Å². The van der Waals surface area contributed by atoms with Crippen LogP contribution in [0.25, 0.3) is 0 Å². The topological polar surface area (TPSA) is 32.3 Å². The number of benzene rings is 2. The Balaban J connectivity index is 1.53. The number of aromatic nitrogens is 2. The molecule has 0 amide bonds. The van der Waals surface area contributed by atoms with Gasteiger partial charge in [-0.1, -0.05) is 36.4 Å². The van der Waals surface area contributed by atoms with Gasteiger partial charge in [-0.05, 0) is 42.5 Å². The Kier molecular flexibility index (Phi) is 3.40. The van der Waals surface area contributed by atoms with Gasteiger partial charge in [-0.15, -0.1) is 0 Å². The summed E-state index contributed by atoms with van der Waals surface area (Å²) in [5.74, 6) is 1.97. The van der Waals surface area contributed by atoms with Crippen LogP contribution in [0.5, 0.6) is 0 Å². The summed E-state index contributed by atoms with van der Waals surface area (Å²) in [4.78, 5) is 13.8. The minimum Gasteiger partial charge on any atom is -0.326 e. The molecule has 0 N–H and O–H groups in total. The third kappa shape index (κ3) is 2.45. The van der Waals surface area contributed by atoms with E-state index in [1.807, 2.05) is 0 Å². The molecule has 4 heteroatoms. The molecule has 3 heterocycles. The molecule has 25 heavy (non-hydrogen) atoms. The van der Waals surface area contributed by atoms with E-state index in [1.54, 1.807) is 6.33 Å². The van der Waals surface area contributed by atoms with Crippen molar-refractivity contribution in [3.8, 4) is 0 Å². The summed E-state index contributed by atoms with van der Waals surface area (Å²) in [5.41, 5.74) is 5.35. The summed E-state index contributed by atoms with van der Waals surface area (Å²) in [6.07, 6.45) is 5.07. The number of hydrogen-bond donors (Lipinski definition) is 0. The van der Waals surface area contributed by atoms with E-state index in [0.29, 0.717) is 0 Å². The van der Waals surface area contributed by atoms with E-state index >= 15 is 0 Å². The van der Waals surface area contributed by atoms with Crippen molar-refractivity contribution in [2.45, 2.75) is 19.3 Å². The molecule has 0 unspecified atom stereocenters. The van der Waals surface area contributed by atoms with Gasteiger partial charge in [0.05, 0.1) is 0 Å². The Bertz CT molecular complexity index is 921. The first-order valence-electron chi connectivity index (χ1n) is 8.93. The molecule has 4 nitrogen and oxygen atoms in total. The van der Waals surface area contributed by atoms with Crippen LogP contribution in [0.2, 0.25) is 0 Å². The Labute approximate surface area is 147 Å². The molecule has 0 saturated carbocycles. The van der Waals surface area contributed by atoms with E-state index in [9.17, 15) is 0 Å². The molecule has 0 aliphatic carbocycles. The first-order valence-corrected chi connectivity index (χ1v) is 8.93. The summed E-state index contributed by atoms with van der Waals surface area (Å²) < 4.78 is 0. The Morgan fingerprint density at radius 3 is 2.00 bits per heavy atom. The number of anilines is 4. The van der Waals surface area contributed by atoms with Crippen molar-refractivity contribution in [1.29, 1.82) is 0 Å². The van der Waals surface area contributed by atoms with Crippen LogP contribution in [-0.2, 0) is 12.8 Å². The van der Waals surface area contributed by atoms with Crippen molar-refractivity contribution in [3.05, 3.63) is 72.1 Å². The van der Waals surface area contributed by atoms with E-state index in [0.717, 1.165) is 44.0 Å². The molecular formula is C21H20N4. The fourth-order valence-electron chi connectivity index (χ4n) is 3.98. The maximum absolute atomic E-state index is 4.58. The number of nitrogens with zero attached hydrogens (tertiary/aromatic N) is 4. The normalized spacial score (nSPS) is 15.8. The molecule has 2 aromatic carbocycles. The maximum atomic E-state index is 4.58. The lowest BCUT2D eigenvalue weighted by Gasteiger charge is -2.31. The molecule has 1 aromatic heterocycles. The molecular weight excluding hydrogens is 308 g/mol. The van der Waals surface area contributed by atoms with Gasteiger partial charge in [0.25, 0.3) is 0 Å². The molecule has 3 aromatic rings. The predicted octanol–water partition coefficient (Wildman–Crippen LogP) is 4.26. The molecule has 0 bridgehead atoms. The molecule has 124 valence electrons. The lowest BCUT2D eigenvalue weighted by molar-refractivity contribution is 0.758. The summed E-state index contributed by atoms with van der Waals surface area (Å²) in [6, 6.07) is 19.4. The minimum absolute atomic E-state index is 0.979. The second kappa shape index (κ2) is 5.88. The Morgan fingerprint density at radius 2 is 1.28 bits per heavy atom. The highest BCUT2D eigenvalue weighted by molar-refractivity contribution is 5.71. The molecule has 5 rings (SSSR count). The second-order valence-corrected chi connectivity index (χ2v) is 6.65. The number of hydrogen-bond acceptors (Lipinski definition) is 4. The van der Waals surface area contributed by atoms with E-state index in [2.05, 4.69) is 74.4 Å².